The molecule has 4 fully saturated rings. The van der Waals surface area contributed by atoms with Gasteiger partial charge in [0.05, 0.1) is 0 Å². The summed E-state index contributed by atoms with van der Waals surface area (Å²) in [4.78, 5) is 0. The molecule has 0 aromatic rings. The Kier molecular flexibility index (Phi) is 7.34. The Bertz CT molecular complexity index is 630. The van der Waals surface area contributed by atoms with E-state index in [4.69, 9.17) is 0 Å². The fourth-order valence-corrected chi connectivity index (χ4v) is 19.2. The average Bonchev–Trinajstić information content (AvgIpc) is 3.27. The zero-order valence-electron chi connectivity index (χ0n) is 20.7. The van der Waals surface area contributed by atoms with Crippen molar-refractivity contribution in [3.63, 3.8) is 0 Å². The third kappa shape index (κ3) is 3.60. The van der Waals surface area contributed by atoms with E-state index in [1.807, 2.05) is 0 Å². The molecule has 0 heterocycles. The van der Waals surface area contributed by atoms with Crippen LogP contribution in [0, 0.1) is 57.7 Å². The van der Waals surface area contributed by atoms with Crippen LogP contribution in [0.25, 0.3) is 0 Å². The molecule has 4 rings (SSSR count). The number of hydrogen-bond acceptors (Lipinski definition) is 0. The maximum atomic E-state index is 4.51. The van der Waals surface area contributed by atoms with E-state index in [0.717, 1.165) is 41.4 Å². The molecule has 0 saturated heterocycles. The van der Waals surface area contributed by atoms with Gasteiger partial charge in [-0.05, 0) is 5.92 Å². The number of allylic oxidation sites excluding steroid dienone is 1. The van der Waals surface area contributed by atoms with Gasteiger partial charge in [0, 0.05) is 0 Å². The summed E-state index contributed by atoms with van der Waals surface area (Å²) in [6.07, 6.45) is 17.4. The van der Waals surface area contributed by atoms with Gasteiger partial charge in [0.25, 0.3) is 0 Å². The molecule has 9 atom stereocenters. The van der Waals surface area contributed by atoms with Gasteiger partial charge in [-0.1, -0.05) is 13.8 Å². The minimum absolute atomic E-state index is 0.475. The molecule has 0 aromatic carbocycles. The topological polar surface area (TPSA) is 0 Å². The summed E-state index contributed by atoms with van der Waals surface area (Å²) in [5, 5.41) is 0. The second-order valence-corrected chi connectivity index (χ2v) is 23.7. The summed E-state index contributed by atoms with van der Waals surface area (Å²) in [5.74, 6) is 6.72. The van der Waals surface area contributed by atoms with Crippen molar-refractivity contribution < 1.29 is 22.1 Å². The van der Waals surface area contributed by atoms with Crippen LogP contribution in [0.1, 0.15) is 98.8 Å². The van der Waals surface area contributed by atoms with Crippen molar-refractivity contribution >= 4 is 11.9 Å². The molecule has 0 aromatic heterocycles. The molecule has 0 unspecified atom stereocenters. The van der Waals surface area contributed by atoms with Crippen molar-refractivity contribution in [1.82, 2.24) is 0 Å². The molecule has 0 radical (unpaired) electrons. The monoisotopic (exact) mass is 664 g/mol. The molecule has 4 saturated carbocycles. The van der Waals surface area contributed by atoms with Gasteiger partial charge in [0.1, 0.15) is 0 Å². The van der Waals surface area contributed by atoms with Crippen LogP contribution in [0.2, 0.25) is 3.93 Å². The zero-order chi connectivity index (χ0) is 21.7. The van der Waals surface area contributed by atoms with E-state index in [2.05, 4.69) is 59.2 Å². The second kappa shape index (κ2) is 9.07. The van der Waals surface area contributed by atoms with Crippen LogP contribution in [0.4, 0.5) is 0 Å². The van der Waals surface area contributed by atoms with Crippen LogP contribution in [-0.2, 0) is 22.1 Å². The number of halogens is 1. The summed E-state index contributed by atoms with van der Waals surface area (Å²) in [6, 6.07) is 0. The molecule has 0 nitrogen and oxygen atoms in total. The molecule has 0 aliphatic heterocycles. The average molecular weight is 664 g/mol. The van der Waals surface area contributed by atoms with E-state index in [0.29, 0.717) is 16.2 Å². The fourth-order valence-electron chi connectivity index (χ4n) is 10.2. The van der Waals surface area contributed by atoms with E-state index in [9.17, 15) is 0 Å². The van der Waals surface area contributed by atoms with Gasteiger partial charge in [0.15, 0.2) is 0 Å². The van der Waals surface area contributed by atoms with Crippen LogP contribution in [0.15, 0.2) is 12.7 Å². The van der Waals surface area contributed by atoms with E-state index in [-0.39, 0.29) is 0 Å². The predicted octanol–water partition coefficient (Wildman–Crippen LogP) is 9.31. The van der Waals surface area contributed by atoms with Gasteiger partial charge in [-0.2, -0.15) is 0 Å². The van der Waals surface area contributed by atoms with E-state index < -0.39 is 22.1 Å². The number of rotatable bonds is 8. The SMILES string of the molecule is C=C[C@]12C[C@H]3[C@@H]4CC[C@H]([C@H](C)CCCC(C)C)[C@@]4(C)CC[C@@H]3[C@@]1(C)CC[C@@H]2[CH2][Hg][Br]. The summed E-state index contributed by atoms with van der Waals surface area (Å²) in [6.45, 7) is 17.4. The standard InChI is InChI=1S/C28H47.BrH.Hg/c1-8-28-18-22-24-13-12-23(20(4)11-9-10-19(2)3)26(24,6)16-15-25(22)27(28,7)17-14-21(28)5;;/h8,19-25H,1,5,9-18H2,2-4,6-7H3;1H;/q;;+1/p-1/t20-,21+,22+,23-,24+,25+,26-,27-,28-;;/m1../s1. The Labute approximate surface area is 205 Å². The molecule has 30 heavy (non-hydrogen) atoms. The minimum atomic E-state index is -0.780. The third-order valence-corrected chi connectivity index (χ3v) is 19.2. The van der Waals surface area contributed by atoms with Gasteiger partial charge in [0.2, 0.25) is 0 Å². The quantitative estimate of drug-likeness (QED) is 0.179. The van der Waals surface area contributed by atoms with Crippen LogP contribution in [0.3, 0.4) is 0 Å². The molecule has 168 valence electrons. The van der Waals surface area contributed by atoms with Gasteiger partial charge >= 0.3 is 187 Å². The Balaban J connectivity index is 1.54. The Morgan fingerprint density at radius 2 is 1.80 bits per heavy atom. The first-order valence-electron chi connectivity index (χ1n) is 13.4. The van der Waals surface area contributed by atoms with Crippen molar-refractivity contribution in [2.45, 2.75) is 103 Å². The van der Waals surface area contributed by atoms with Crippen molar-refractivity contribution in [1.29, 1.82) is 0 Å². The van der Waals surface area contributed by atoms with E-state index in [1.54, 1.807) is 3.93 Å². The third-order valence-electron chi connectivity index (χ3n) is 11.7. The number of fused-ring (bicyclic) bond motifs is 5. The molecular weight excluding hydrogens is 617 g/mol. The molecule has 4 aliphatic carbocycles. The van der Waals surface area contributed by atoms with E-state index in [1.165, 1.54) is 64.2 Å². The van der Waals surface area contributed by atoms with Crippen LogP contribution in [-0.4, -0.2) is 0 Å². The number of hydrogen-bond donors (Lipinski definition) is 0. The first-order chi connectivity index (χ1) is 14.2. The second-order valence-electron chi connectivity index (χ2n) is 13.0. The first kappa shape index (κ1) is 24.3. The molecule has 0 spiro atoms. The molecule has 4 aliphatic rings. The fraction of sp³-hybridized carbons (Fsp3) is 0.929. The van der Waals surface area contributed by atoms with E-state index >= 15 is 0 Å². The summed E-state index contributed by atoms with van der Waals surface area (Å²) < 4.78 is 1.57. The van der Waals surface area contributed by atoms with Crippen molar-refractivity contribution in [2.75, 3.05) is 0 Å². The molecule has 0 amide bonds. The van der Waals surface area contributed by atoms with Crippen LogP contribution < -0.4 is 0 Å². The predicted molar refractivity (Wildman–Crippen MR) is 130 cm³/mol. The first-order valence-corrected chi connectivity index (χ1v) is 29.2. The Morgan fingerprint density at radius 1 is 1.03 bits per heavy atom. The van der Waals surface area contributed by atoms with Gasteiger partial charge in [-0.15, -0.1) is 0 Å². The Morgan fingerprint density at radius 3 is 2.47 bits per heavy atom. The van der Waals surface area contributed by atoms with Crippen molar-refractivity contribution in [3.05, 3.63) is 12.7 Å². The zero-order valence-corrected chi connectivity index (χ0v) is 27.8. The van der Waals surface area contributed by atoms with Crippen LogP contribution in [0.5, 0.6) is 0 Å². The summed E-state index contributed by atoms with van der Waals surface area (Å²) >= 11 is 3.22. The molecule has 2 heteroatoms. The molecular formula is C28H47BrHg. The maximum absolute atomic E-state index is 4.51. The van der Waals surface area contributed by atoms with Crippen LogP contribution >= 0.6 is 11.9 Å². The molecule has 0 N–H and O–H groups in total. The van der Waals surface area contributed by atoms with Gasteiger partial charge < -0.3 is 0 Å². The normalized spacial score (nSPS) is 48.2. The van der Waals surface area contributed by atoms with Crippen molar-refractivity contribution in [3.8, 4) is 0 Å². The van der Waals surface area contributed by atoms with Gasteiger partial charge in [-0.25, -0.2) is 0 Å². The Hall–Kier alpha value is 1.16. The molecule has 0 bridgehead atoms. The van der Waals surface area contributed by atoms with Crippen molar-refractivity contribution in [2.24, 2.45) is 57.7 Å². The van der Waals surface area contributed by atoms with Gasteiger partial charge in [-0.3, -0.25) is 0 Å². The summed E-state index contributed by atoms with van der Waals surface area (Å²) in [5.41, 5.74) is 1.66. The summed E-state index contributed by atoms with van der Waals surface area (Å²) in [7, 11) is 0.